The number of rotatable bonds is 5. The summed E-state index contributed by atoms with van der Waals surface area (Å²) in [6.45, 7) is 5.58. The Hall–Kier alpha value is -2.53. The average molecular weight is 362 g/mol. The molecule has 2 rings (SSSR count). The molecule has 132 valence electrons. The predicted molar refractivity (Wildman–Crippen MR) is 97.4 cm³/mol. The van der Waals surface area contributed by atoms with E-state index < -0.39 is 12.1 Å². The lowest BCUT2D eigenvalue weighted by Crippen LogP contribution is -2.30. The van der Waals surface area contributed by atoms with Crippen LogP contribution in [0.25, 0.3) is 0 Å². The van der Waals surface area contributed by atoms with Gasteiger partial charge in [-0.2, -0.15) is 0 Å². The summed E-state index contributed by atoms with van der Waals surface area (Å²) in [6.07, 6.45) is -0.710. The van der Waals surface area contributed by atoms with Gasteiger partial charge in [-0.1, -0.05) is 23.7 Å². The maximum Gasteiger partial charge on any atom is 0.339 e. The fourth-order valence-corrected chi connectivity index (χ4v) is 2.40. The van der Waals surface area contributed by atoms with Crippen molar-refractivity contribution in [1.29, 1.82) is 0 Å². The molecule has 0 aliphatic carbocycles. The molecule has 0 aromatic heterocycles. The lowest BCUT2D eigenvalue weighted by molar-refractivity contribution is -0.122. The quantitative estimate of drug-likeness (QED) is 0.812. The maximum atomic E-state index is 12.4. The summed E-state index contributed by atoms with van der Waals surface area (Å²) in [7, 11) is 1.27. The van der Waals surface area contributed by atoms with E-state index in [-0.39, 0.29) is 16.5 Å². The van der Waals surface area contributed by atoms with E-state index in [2.05, 4.69) is 10.1 Å². The SMILES string of the molecule is COC(=O)c1cc(NC(=O)[C@H](C)Oc2cccc(C)c2C)ccc1Cl. The van der Waals surface area contributed by atoms with Crippen molar-refractivity contribution in [2.24, 2.45) is 0 Å². The van der Waals surface area contributed by atoms with Crippen LogP contribution in [0.3, 0.4) is 0 Å². The van der Waals surface area contributed by atoms with Gasteiger partial charge >= 0.3 is 5.97 Å². The van der Waals surface area contributed by atoms with Crippen molar-refractivity contribution in [2.75, 3.05) is 12.4 Å². The highest BCUT2D eigenvalue weighted by molar-refractivity contribution is 6.33. The number of anilines is 1. The van der Waals surface area contributed by atoms with Gasteiger partial charge in [-0.25, -0.2) is 4.79 Å². The van der Waals surface area contributed by atoms with Gasteiger partial charge in [0.05, 0.1) is 17.7 Å². The number of hydrogen-bond acceptors (Lipinski definition) is 4. The fourth-order valence-electron chi connectivity index (χ4n) is 2.21. The molecule has 25 heavy (non-hydrogen) atoms. The van der Waals surface area contributed by atoms with Crippen LogP contribution in [0.4, 0.5) is 5.69 Å². The summed E-state index contributed by atoms with van der Waals surface area (Å²) in [6, 6.07) is 10.3. The second-order valence-corrected chi connectivity index (χ2v) is 6.04. The minimum atomic E-state index is -0.710. The highest BCUT2D eigenvalue weighted by atomic mass is 35.5. The number of benzene rings is 2. The first-order valence-electron chi connectivity index (χ1n) is 7.75. The van der Waals surface area contributed by atoms with E-state index in [0.29, 0.717) is 11.4 Å². The molecule has 2 aromatic rings. The number of carbonyl (C=O) groups excluding carboxylic acids is 2. The van der Waals surface area contributed by atoms with Crippen molar-refractivity contribution in [3.8, 4) is 5.75 Å². The van der Waals surface area contributed by atoms with E-state index in [9.17, 15) is 9.59 Å². The Kier molecular flexibility index (Phi) is 6.04. The number of carbonyl (C=O) groups is 2. The van der Waals surface area contributed by atoms with Gasteiger partial charge in [-0.3, -0.25) is 4.79 Å². The Balaban J connectivity index is 2.11. The molecule has 0 radical (unpaired) electrons. The lowest BCUT2D eigenvalue weighted by atomic mass is 10.1. The number of ether oxygens (including phenoxy) is 2. The number of methoxy groups -OCH3 is 1. The minimum absolute atomic E-state index is 0.185. The van der Waals surface area contributed by atoms with Crippen molar-refractivity contribution in [2.45, 2.75) is 26.9 Å². The second kappa shape index (κ2) is 8.03. The Labute approximate surface area is 151 Å². The third kappa shape index (κ3) is 4.51. The van der Waals surface area contributed by atoms with Gasteiger partial charge in [0.25, 0.3) is 5.91 Å². The average Bonchev–Trinajstić information content (AvgIpc) is 2.59. The summed E-state index contributed by atoms with van der Waals surface area (Å²) in [5.41, 5.74) is 2.70. The zero-order valence-electron chi connectivity index (χ0n) is 14.6. The van der Waals surface area contributed by atoms with Crippen LogP contribution in [0.1, 0.15) is 28.4 Å². The molecule has 0 aliphatic heterocycles. The number of aryl methyl sites for hydroxylation is 1. The van der Waals surface area contributed by atoms with Gasteiger partial charge in [0.15, 0.2) is 6.10 Å². The Morgan fingerprint density at radius 1 is 1.16 bits per heavy atom. The first kappa shape index (κ1) is 18.8. The highest BCUT2D eigenvalue weighted by Crippen LogP contribution is 2.23. The third-order valence-electron chi connectivity index (χ3n) is 3.87. The topological polar surface area (TPSA) is 64.6 Å². The molecule has 0 bridgehead atoms. The molecule has 2 aromatic carbocycles. The Morgan fingerprint density at radius 3 is 2.56 bits per heavy atom. The maximum absolute atomic E-state index is 12.4. The van der Waals surface area contributed by atoms with Crippen LogP contribution in [0.2, 0.25) is 5.02 Å². The van der Waals surface area contributed by atoms with E-state index in [1.807, 2.05) is 32.0 Å². The molecule has 0 saturated heterocycles. The molecule has 0 fully saturated rings. The van der Waals surface area contributed by atoms with Gasteiger partial charge in [0.2, 0.25) is 0 Å². The van der Waals surface area contributed by atoms with Gasteiger partial charge in [-0.05, 0) is 56.2 Å². The zero-order valence-corrected chi connectivity index (χ0v) is 15.3. The van der Waals surface area contributed by atoms with Crippen molar-refractivity contribution in [3.05, 3.63) is 58.1 Å². The lowest BCUT2D eigenvalue weighted by Gasteiger charge is -2.17. The second-order valence-electron chi connectivity index (χ2n) is 5.63. The van der Waals surface area contributed by atoms with Crippen LogP contribution in [0.15, 0.2) is 36.4 Å². The number of hydrogen-bond donors (Lipinski definition) is 1. The summed E-state index contributed by atoms with van der Waals surface area (Å²) in [4.78, 5) is 24.0. The molecule has 0 unspecified atom stereocenters. The van der Waals surface area contributed by atoms with E-state index >= 15 is 0 Å². The molecule has 0 heterocycles. The first-order valence-corrected chi connectivity index (χ1v) is 8.13. The van der Waals surface area contributed by atoms with Crippen LogP contribution in [0.5, 0.6) is 5.75 Å². The molecule has 0 aliphatic rings. The Morgan fingerprint density at radius 2 is 1.88 bits per heavy atom. The number of amides is 1. The summed E-state index contributed by atoms with van der Waals surface area (Å²) < 4.78 is 10.4. The molecule has 1 N–H and O–H groups in total. The molecular weight excluding hydrogens is 342 g/mol. The first-order chi connectivity index (χ1) is 11.8. The van der Waals surface area contributed by atoms with Crippen molar-refractivity contribution in [3.63, 3.8) is 0 Å². The molecule has 0 spiro atoms. The number of halogens is 1. The molecule has 1 amide bonds. The van der Waals surface area contributed by atoms with Crippen molar-refractivity contribution >= 4 is 29.2 Å². The fraction of sp³-hybridized carbons (Fsp3) is 0.263. The summed E-state index contributed by atoms with van der Waals surface area (Å²) in [5, 5.41) is 2.97. The van der Waals surface area contributed by atoms with Crippen LogP contribution >= 0.6 is 11.6 Å². The smallest absolute Gasteiger partial charge is 0.339 e. The summed E-state index contributed by atoms with van der Waals surface area (Å²) in [5.74, 6) is -0.242. The largest absolute Gasteiger partial charge is 0.481 e. The van der Waals surface area contributed by atoms with Gasteiger partial charge in [0.1, 0.15) is 5.75 Å². The van der Waals surface area contributed by atoms with Crippen LogP contribution in [-0.2, 0) is 9.53 Å². The predicted octanol–water partition coefficient (Wildman–Crippen LogP) is 4.15. The van der Waals surface area contributed by atoms with Crippen molar-refractivity contribution < 1.29 is 19.1 Å². The minimum Gasteiger partial charge on any atom is -0.481 e. The zero-order chi connectivity index (χ0) is 18.6. The highest BCUT2D eigenvalue weighted by Gasteiger charge is 2.18. The van der Waals surface area contributed by atoms with Crippen LogP contribution in [-0.4, -0.2) is 25.1 Å². The summed E-state index contributed by atoms with van der Waals surface area (Å²) >= 11 is 5.97. The molecule has 5 nitrogen and oxygen atoms in total. The van der Waals surface area contributed by atoms with Gasteiger partial charge in [-0.15, -0.1) is 0 Å². The van der Waals surface area contributed by atoms with Crippen molar-refractivity contribution in [1.82, 2.24) is 0 Å². The molecular formula is C19H20ClNO4. The Bertz CT molecular complexity index is 804. The van der Waals surface area contributed by atoms with Gasteiger partial charge < -0.3 is 14.8 Å². The van der Waals surface area contributed by atoms with E-state index in [0.717, 1.165) is 11.1 Å². The molecule has 0 saturated carbocycles. The number of nitrogens with one attached hydrogen (secondary N) is 1. The van der Waals surface area contributed by atoms with Gasteiger partial charge in [0, 0.05) is 5.69 Å². The van der Waals surface area contributed by atoms with E-state index in [1.165, 1.54) is 19.2 Å². The molecule has 6 heteroatoms. The van der Waals surface area contributed by atoms with E-state index in [4.69, 9.17) is 16.3 Å². The van der Waals surface area contributed by atoms with Crippen LogP contribution < -0.4 is 10.1 Å². The molecule has 1 atom stereocenters. The normalized spacial score (nSPS) is 11.6. The standard InChI is InChI=1S/C19H20ClNO4/c1-11-6-5-7-17(12(11)2)25-13(3)18(22)21-14-8-9-16(20)15(10-14)19(23)24-4/h5-10,13H,1-4H3,(H,21,22)/t13-/m0/s1. The van der Waals surface area contributed by atoms with E-state index in [1.54, 1.807) is 13.0 Å². The monoisotopic (exact) mass is 361 g/mol. The number of esters is 1. The third-order valence-corrected chi connectivity index (χ3v) is 4.20. The van der Waals surface area contributed by atoms with Crippen LogP contribution in [0, 0.1) is 13.8 Å².